The van der Waals surface area contributed by atoms with Crippen LogP contribution in [0.25, 0.3) is 0 Å². The molecule has 3 nitrogen and oxygen atoms in total. The molecule has 0 heterocycles. The van der Waals surface area contributed by atoms with Gasteiger partial charge in [0.1, 0.15) is 6.04 Å². The summed E-state index contributed by atoms with van der Waals surface area (Å²) in [4.78, 5) is 10.5. The third kappa shape index (κ3) is 16.4. The van der Waals surface area contributed by atoms with E-state index in [0.717, 1.165) is 13.0 Å². The first kappa shape index (κ1) is 21.7. The Balaban J connectivity index is -0.00000144. The smallest absolute Gasteiger partial charge is 1.00 e. The number of aliphatic carboxylic acids is 1. The van der Waals surface area contributed by atoms with Crippen LogP contribution >= 0.6 is 0 Å². The molecular formula is C15H32NNaO2. The van der Waals surface area contributed by atoms with Crippen LogP contribution in [0, 0.1) is 0 Å². The number of carboxylic acid groups (broad SMARTS) is 1. The van der Waals surface area contributed by atoms with Gasteiger partial charge in [0.05, 0.1) is 0 Å². The van der Waals surface area contributed by atoms with Gasteiger partial charge in [-0.05, 0) is 19.9 Å². The van der Waals surface area contributed by atoms with Crippen LogP contribution in [0.3, 0.4) is 0 Å². The van der Waals surface area contributed by atoms with Crippen molar-refractivity contribution in [3.63, 3.8) is 0 Å². The zero-order chi connectivity index (χ0) is 13.6. The van der Waals surface area contributed by atoms with E-state index < -0.39 is 12.0 Å². The van der Waals surface area contributed by atoms with E-state index in [0.29, 0.717) is 0 Å². The summed E-state index contributed by atoms with van der Waals surface area (Å²) in [7, 11) is 0. The van der Waals surface area contributed by atoms with Gasteiger partial charge < -0.3 is 11.8 Å². The van der Waals surface area contributed by atoms with Crippen molar-refractivity contribution in [1.82, 2.24) is 5.32 Å². The maximum absolute atomic E-state index is 10.5. The quantitative estimate of drug-likeness (QED) is 0.392. The molecule has 0 aliphatic heterocycles. The maximum Gasteiger partial charge on any atom is 1.00 e. The summed E-state index contributed by atoms with van der Waals surface area (Å²) in [5.74, 6) is -0.762. The average molecular weight is 281 g/mol. The molecule has 0 amide bonds. The molecule has 0 aliphatic carbocycles. The van der Waals surface area contributed by atoms with E-state index in [-0.39, 0.29) is 31.0 Å². The van der Waals surface area contributed by atoms with E-state index in [2.05, 4.69) is 12.2 Å². The first-order chi connectivity index (χ1) is 8.68. The maximum atomic E-state index is 10.5. The van der Waals surface area contributed by atoms with Crippen LogP contribution in [-0.2, 0) is 4.79 Å². The van der Waals surface area contributed by atoms with Crippen LogP contribution in [0.1, 0.15) is 79.5 Å². The van der Waals surface area contributed by atoms with Gasteiger partial charge in [-0.15, -0.1) is 0 Å². The van der Waals surface area contributed by atoms with Crippen LogP contribution in [-0.4, -0.2) is 23.7 Å². The van der Waals surface area contributed by atoms with Gasteiger partial charge in [0.25, 0.3) is 0 Å². The standard InChI is InChI=1S/C15H31NO2.Na.H/c1-3-4-5-6-7-8-9-10-11-12-13-16-14(2)15(17)18;;/h14,16H,3-13H2,1-2H3,(H,17,18);;/q;+1;-1/t14-;;/m0../s1. The van der Waals surface area contributed by atoms with Crippen LogP contribution in [0.4, 0.5) is 0 Å². The van der Waals surface area contributed by atoms with Crippen LogP contribution in [0.5, 0.6) is 0 Å². The third-order valence-corrected chi connectivity index (χ3v) is 3.35. The normalized spacial score (nSPS) is 11.9. The van der Waals surface area contributed by atoms with E-state index in [1.165, 1.54) is 57.8 Å². The van der Waals surface area contributed by atoms with E-state index in [4.69, 9.17) is 5.11 Å². The molecule has 0 bridgehead atoms. The van der Waals surface area contributed by atoms with Crippen molar-refractivity contribution in [1.29, 1.82) is 0 Å². The largest absolute Gasteiger partial charge is 1.00 e. The molecule has 0 aliphatic rings. The topological polar surface area (TPSA) is 49.3 Å². The Morgan fingerprint density at radius 3 is 1.84 bits per heavy atom. The number of carboxylic acids is 1. The number of rotatable bonds is 13. The van der Waals surface area contributed by atoms with Crippen molar-refractivity contribution in [2.24, 2.45) is 0 Å². The van der Waals surface area contributed by atoms with Gasteiger partial charge in [0, 0.05) is 0 Å². The van der Waals surface area contributed by atoms with E-state index in [9.17, 15) is 4.79 Å². The predicted octanol–water partition coefficient (Wildman–Crippen LogP) is 1.09. The van der Waals surface area contributed by atoms with E-state index in [1.54, 1.807) is 6.92 Å². The summed E-state index contributed by atoms with van der Waals surface area (Å²) in [6.45, 7) is 4.77. The van der Waals surface area contributed by atoms with Crippen LogP contribution in [0.2, 0.25) is 0 Å². The minimum absolute atomic E-state index is 0. The molecule has 110 valence electrons. The first-order valence-electron chi connectivity index (χ1n) is 7.64. The van der Waals surface area contributed by atoms with Gasteiger partial charge in [-0.3, -0.25) is 4.79 Å². The minimum atomic E-state index is -0.762. The molecule has 19 heavy (non-hydrogen) atoms. The van der Waals surface area contributed by atoms with Crippen molar-refractivity contribution in [3.8, 4) is 0 Å². The first-order valence-corrected chi connectivity index (χ1v) is 7.64. The van der Waals surface area contributed by atoms with Gasteiger partial charge in [-0.25, -0.2) is 0 Å². The molecule has 0 unspecified atom stereocenters. The Hall–Kier alpha value is 0.430. The summed E-state index contributed by atoms with van der Waals surface area (Å²) in [6.07, 6.45) is 13.2. The van der Waals surface area contributed by atoms with Gasteiger partial charge in [-0.1, -0.05) is 64.7 Å². The molecule has 0 saturated carbocycles. The summed E-state index contributed by atoms with van der Waals surface area (Å²) < 4.78 is 0. The molecule has 1 atom stereocenters. The Morgan fingerprint density at radius 2 is 1.42 bits per heavy atom. The van der Waals surface area contributed by atoms with Gasteiger partial charge in [0.15, 0.2) is 0 Å². The second-order valence-corrected chi connectivity index (χ2v) is 5.20. The zero-order valence-electron chi connectivity index (χ0n) is 14.2. The molecule has 2 N–H and O–H groups in total. The molecule has 0 saturated heterocycles. The molecule has 0 aromatic heterocycles. The number of hydrogen-bond acceptors (Lipinski definition) is 2. The molecule has 0 spiro atoms. The number of nitrogens with one attached hydrogen (secondary N) is 1. The molecule has 4 heteroatoms. The number of unbranched alkanes of at least 4 members (excludes halogenated alkanes) is 9. The average Bonchev–Trinajstić information content (AvgIpc) is 2.35. The second kappa shape index (κ2) is 16.5. The van der Waals surface area contributed by atoms with Gasteiger partial charge >= 0.3 is 35.5 Å². The molecule has 0 aromatic rings. The fourth-order valence-corrected chi connectivity index (χ4v) is 2.02. The molecule has 0 radical (unpaired) electrons. The molecule has 0 aromatic carbocycles. The molecular weight excluding hydrogens is 249 g/mol. The summed E-state index contributed by atoms with van der Waals surface area (Å²) >= 11 is 0. The van der Waals surface area contributed by atoms with Crippen molar-refractivity contribution in [3.05, 3.63) is 0 Å². The number of carbonyl (C=O) groups is 1. The summed E-state index contributed by atoms with van der Waals surface area (Å²) in [5.41, 5.74) is 0. The van der Waals surface area contributed by atoms with E-state index >= 15 is 0 Å². The van der Waals surface area contributed by atoms with E-state index in [1.807, 2.05) is 0 Å². The van der Waals surface area contributed by atoms with Crippen molar-refractivity contribution >= 4 is 5.97 Å². The Bertz CT molecular complexity index is 206. The zero-order valence-corrected chi connectivity index (χ0v) is 15.2. The van der Waals surface area contributed by atoms with Crippen LogP contribution < -0.4 is 34.9 Å². The van der Waals surface area contributed by atoms with Gasteiger partial charge in [0.2, 0.25) is 0 Å². The Kier molecular flexibility index (Phi) is 18.8. The monoisotopic (exact) mass is 281 g/mol. The van der Waals surface area contributed by atoms with Crippen LogP contribution in [0.15, 0.2) is 0 Å². The number of hydrogen-bond donors (Lipinski definition) is 2. The van der Waals surface area contributed by atoms with Crippen molar-refractivity contribution in [2.75, 3.05) is 6.54 Å². The summed E-state index contributed by atoms with van der Waals surface area (Å²) in [6, 6.07) is -0.413. The van der Waals surface area contributed by atoms with Crippen molar-refractivity contribution < 1.29 is 40.9 Å². The second-order valence-electron chi connectivity index (χ2n) is 5.20. The molecule has 0 rings (SSSR count). The minimum Gasteiger partial charge on any atom is -1.00 e. The fraction of sp³-hybridized carbons (Fsp3) is 0.933. The third-order valence-electron chi connectivity index (χ3n) is 3.35. The Labute approximate surface area is 142 Å². The Morgan fingerprint density at radius 1 is 1.00 bits per heavy atom. The van der Waals surface area contributed by atoms with Crippen molar-refractivity contribution in [2.45, 2.75) is 84.1 Å². The van der Waals surface area contributed by atoms with Gasteiger partial charge in [-0.2, -0.15) is 0 Å². The summed E-state index contributed by atoms with van der Waals surface area (Å²) in [5, 5.41) is 11.7. The molecule has 0 fully saturated rings. The SMILES string of the molecule is CCCCCCCCCCCCN[C@@H](C)C(=O)O.[H-].[Na+]. The predicted molar refractivity (Wildman–Crippen MR) is 78.1 cm³/mol. The fourth-order valence-electron chi connectivity index (χ4n) is 2.02.